The van der Waals surface area contributed by atoms with Gasteiger partial charge in [-0.05, 0) is 27.7 Å². The first kappa shape index (κ1) is 10.0. The molecule has 4 heteroatoms. The minimum atomic E-state index is -0.702. The Hall–Kier alpha value is -1.06. The van der Waals surface area contributed by atoms with Crippen molar-refractivity contribution in [2.45, 2.75) is 39.4 Å². The number of carbonyl (C=O) groups excluding carboxylic acids is 2. The zero-order valence-electron chi connectivity index (χ0n) is 8.29. The molecular weight excluding hydrogens is 172 g/mol. The summed E-state index contributed by atoms with van der Waals surface area (Å²) in [7, 11) is 0. The molecule has 0 amide bonds. The molecule has 74 valence electrons. The van der Waals surface area contributed by atoms with Crippen molar-refractivity contribution in [1.29, 1.82) is 0 Å². The third-order valence-corrected chi connectivity index (χ3v) is 1.71. The number of hydrogen-bond acceptors (Lipinski definition) is 4. The number of cyclic esters (lactones) is 1. The summed E-state index contributed by atoms with van der Waals surface area (Å²) in [6.07, 6.45) is -0.702. The molecule has 0 aromatic carbocycles. The van der Waals surface area contributed by atoms with Gasteiger partial charge in [-0.1, -0.05) is 0 Å². The van der Waals surface area contributed by atoms with Crippen LogP contribution in [0.15, 0.2) is 0 Å². The molecule has 4 nitrogen and oxygen atoms in total. The van der Waals surface area contributed by atoms with E-state index in [1.165, 1.54) is 0 Å². The summed E-state index contributed by atoms with van der Waals surface area (Å²) >= 11 is 0. The van der Waals surface area contributed by atoms with Gasteiger partial charge in [-0.3, -0.25) is 4.79 Å². The maximum absolute atomic E-state index is 11.3. The molecule has 1 saturated heterocycles. The van der Waals surface area contributed by atoms with E-state index in [0.717, 1.165) is 0 Å². The van der Waals surface area contributed by atoms with Gasteiger partial charge in [0.2, 0.25) is 6.10 Å². The maximum atomic E-state index is 11.3. The SMILES string of the molecule is CC1C(=O)OC1C(=O)OC(C)(C)C. The van der Waals surface area contributed by atoms with Crippen LogP contribution in [0.5, 0.6) is 0 Å². The van der Waals surface area contributed by atoms with Crippen LogP contribution in [0.4, 0.5) is 0 Å². The lowest BCUT2D eigenvalue weighted by Crippen LogP contribution is -2.50. The number of hydrogen-bond donors (Lipinski definition) is 0. The van der Waals surface area contributed by atoms with Gasteiger partial charge >= 0.3 is 11.9 Å². The van der Waals surface area contributed by atoms with Gasteiger partial charge in [-0.15, -0.1) is 0 Å². The summed E-state index contributed by atoms with van der Waals surface area (Å²) in [4.78, 5) is 22.0. The molecule has 1 fully saturated rings. The Kier molecular flexibility index (Phi) is 2.32. The van der Waals surface area contributed by atoms with E-state index in [9.17, 15) is 9.59 Å². The van der Waals surface area contributed by atoms with Gasteiger partial charge in [0, 0.05) is 0 Å². The third kappa shape index (κ3) is 2.20. The first-order valence-electron chi connectivity index (χ1n) is 4.24. The third-order valence-electron chi connectivity index (χ3n) is 1.71. The fraction of sp³-hybridized carbons (Fsp3) is 0.778. The normalized spacial score (nSPS) is 27.5. The van der Waals surface area contributed by atoms with E-state index >= 15 is 0 Å². The molecule has 2 atom stereocenters. The summed E-state index contributed by atoms with van der Waals surface area (Å²) in [6.45, 7) is 6.97. The molecule has 13 heavy (non-hydrogen) atoms. The van der Waals surface area contributed by atoms with E-state index in [4.69, 9.17) is 4.74 Å². The molecule has 0 aliphatic carbocycles. The first-order chi connectivity index (χ1) is 5.81. The predicted octanol–water partition coefficient (Wildman–Crippen LogP) is 0.890. The van der Waals surface area contributed by atoms with E-state index < -0.39 is 17.7 Å². The first-order valence-corrected chi connectivity index (χ1v) is 4.24. The quantitative estimate of drug-likeness (QED) is 0.571. The van der Waals surface area contributed by atoms with Crippen molar-refractivity contribution in [3.8, 4) is 0 Å². The second kappa shape index (κ2) is 3.01. The van der Waals surface area contributed by atoms with Gasteiger partial charge in [-0.25, -0.2) is 4.79 Å². The van der Waals surface area contributed by atoms with Crippen LogP contribution in [0.1, 0.15) is 27.7 Å². The summed E-state index contributed by atoms with van der Waals surface area (Å²) in [5, 5.41) is 0. The molecule has 0 aromatic rings. The van der Waals surface area contributed by atoms with Crippen LogP contribution in [0, 0.1) is 5.92 Å². The van der Waals surface area contributed by atoms with Gasteiger partial charge in [0.25, 0.3) is 0 Å². The van der Waals surface area contributed by atoms with Crippen LogP contribution in [0.3, 0.4) is 0 Å². The molecule has 1 aliphatic heterocycles. The number of rotatable bonds is 1. The molecule has 0 spiro atoms. The van der Waals surface area contributed by atoms with E-state index in [1.807, 2.05) is 0 Å². The molecule has 0 radical (unpaired) electrons. The Morgan fingerprint density at radius 3 is 2.31 bits per heavy atom. The van der Waals surface area contributed by atoms with Crippen LogP contribution in [-0.2, 0) is 19.1 Å². The molecule has 0 saturated carbocycles. The monoisotopic (exact) mass is 186 g/mol. The van der Waals surface area contributed by atoms with Crippen molar-refractivity contribution in [2.75, 3.05) is 0 Å². The Labute approximate surface area is 77.2 Å². The zero-order chi connectivity index (χ0) is 10.2. The summed E-state index contributed by atoms with van der Waals surface area (Å²) in [5.41, 5.74) is -0.529. The Morgan fingerprint density at radius 1 is 1.46 bits per heavy atom. The van der Waals surface area contributed by atoms with Gasteiger partial charge in [0.15, 0.2) is 0 Å². The van der Waals surface area contributed by atoms with Gasteiger partial charge in [0.1, 0.15) is 11.5 Å². The number of carbonyl (C=O) groups is 2. The van der Waals surface area contributed by atoms with E-state index in [0.29, 0.717) is 0 Å². The summed E-state index contributed by atoms with van der Waals surface area (Å²) in [6, 6.07) is 0. The Bertz CT molecular complexity index is 238. The lowest BCUT2D eigenvalue weighted by molar-refractivity contribution is -0.201. The lowest BCUT2D eigenvalue weighted by atomic mass is 9.99. The average Bonchev–Trinajstić information content (AvgIpc) is 1.95. The highest BCUT2D eigenvalue weighted by atomic mass is 16.6. The Morgan fingerprint density at radius 2 is 2.00 bits per heavy atom. The highest BCUT2D eigenvalue weighted by molar-refractivity contribution is 5.91. The van der Waals surface area contributed by atoms with E-state index in [-0.39, 0.29) is 11.9 Å². The topological polar surface area (TPSA) is 52.6 Å². The number of esters is 2. The second-order valence-electron chi connectivity index (χ2n) is 4.18. The smallest absolute Gasteiger partial charge is 0.348 e. The molecule has 0 aromatic heterocycles. The fourth-order valence-corrected chi connectivity index (χ4v) is 0.998. The van der Waals surface area contributed by atoms with Crippen LogP contribution >= 0.6 is 0 Å². The van der Waals surface area contributed by atoms with Gasteiger partial charge < -0.3 is 9.47 Å². The van der Waals surface area contributed by atoms with Gasteiger partial charge in [-0.2, -0.15) is 0 Å². The zero-order valence-corrected chi connectivity index (χ0v) is 8.29. The predicted molar refractivity (Wildman–Crippen MR) is 44.9 cm³/mol. The highest BCUT2D eigenvalue weighted by Crippen LogP contribution is 2.24. The van der Waals surface area contributed by atoms with Crippen molar-refractivity contribution >= 4 is 11.9 Å². The fourth-order valence-electron chi connectivity index (χ4n) is 0.998. The summed E-state index contributed by atoms with van der Waals surface area (Å²) < 4.78 is 9.69. The van der Waals surface area contributed by atoms with Crippen LogP contribution in [0.25, 0.3) is 0 Å². The standard InChI is InChI=1S/C9H14O4/c1-5-6(12-7(5)10)8(11)13-9(2,3)4/h5-6H,1-4H3. The molecule has 0 N–H and O–H groups in total. The molecular formula is C9H14O4. The molecule has 2 unspecified atom stereocenters. The highest BCUT2D eigenvalue weighted by Gasteiger charge is 2.45. The largest absolute Gasteiger partial charge is 0.457 e. The van der Waals surface area contributed by atoms with Crippen molar-refractivity contribution in [1.82, 2.24) is 0 Å². The van der Waals surface area contributed by atoms with Crippen molar-refractivity contribution in [3.63, 3.8) is 0 Å². The van der Waals surface area contributed by atoms with E-state index in [2.05, 4.69) is 4.74 Å². The van der Waals surface area contributed by atoms with Crippen molar-refractivity contribution < 1.29 is 19.1 Å². The lowest BCUT2D eigenvalue weighted by Gasteiger charge is -2.32. The Balaban J connectivity index is 2.47. The van der Waals surface area contributed by atoms with Crippen LogP contribution in [0.2, 0.25) is 0 Å². The minimum absolute atomic E-state index is 0.337. The summed E-state index contributed by atoms with van der Waals surface area (Å²) in [5.74, 6) is -1.16. The van der Waals surface area contributed by atoms with Crippen LogP contribution in [-0.4, -0.2) is 23.6 Å². The average molecular weight is 186 g/mol. The second-order valence-corrected chi connectivity index (χ2v) is 4.18. The molecule has 0 bridgehead atoms. The van der Waals surface area contributed by atoms with E-state index in [1.54, 1.807) is 27.7 Å². The number of ether oxygens (including phenoxy) is 2. The van der Waals surface area contributed by atoms with Crippen LogP contribution < -0.4 is 0 Å². The minimum Gasteiger partial charge on any atom is -0.457 e. The molecule has 1 aliphatic rings. The maximum Gasteiger partial charge on any atom is 0.348 e. The van der Waals surface area contributed by atoms with Crippen molar-refractivity contribution in [3.05, 3.63) is 0 Å². The molecule has 1 rings (SSSR count). The van der Waals surface area contributed by atoms with Crippen molar-refractivity contribution in [2.24, 2.45) is 5.92 Å². The van der Waals surface area contributed by atoms with Gasteiger partial charge in [0.05, 0.1) is 0 Å². The molecule has 1 heterocycles.